The Morgan fingerprint density at radius 3 is 2.57 bits per heavy atom. The molecule has 0 saturated carbocycles. The maximum absolute atomic E-state index is 13.8. The Labute approximate surface area is 213 Å². The van der Waals surface area contributed by atoms with Crippen LogP contribution in [0.4, 0.5) is 0 Å². The monoisotopic (exact) mass is 510 g/mol. The number of hydrogen-bond donors (Lipinski definition) is 3. The zero-order chi connectivity index (χ0) is 24.8. The summed E-state index contributed by atoms with van der Waals surface area (Å²) in [4.78, 5) is 44.6. The number of unbranched alkanes of at least 4 members (excludes halogenated alkanes) is 3. The van der Waals surface area contributed by atoms with E-state index in [1.165, 1.54) is 0 Å². The Balaban J connectivity index is 1.47. The molecule has 1 spiro atoms. The lowest BCUT2D eigenvalue weighted by molar-refractivity contribution is -0.140. The lowest BCUT2D eigenvalue weighted by Gasteiger charge is -2.34. The summed E-state index contributed by atoms with van der Waals surface area (Å²) >= 11 is 1.73. The molecule has 4 saturated heterocycles. The van der Waals surface area contributed by atoms with Crippen LogP contribution in [0.25, 0.3) is 0 Å². The molecule has 3 amide bonds. The summed E-state index contributed by atoms with van der Waals surface area (Å²) in [6, 6.07) is -0.526. The Morgan fingerprint density at radius 1 is 1.09 bits per heavy atom. The van der Waals surface area contributed by atoms with Crippen molar-refractivity contribution in [2.45, 2.75) is 67.9 Å². The van der Waals surface area contributed by atoms with E-state index in [1.54, 1.807) is 16.7 Å². The summed E-state index contributed by atoms with van der Waals surface area (Å²) in [5, 5.41) is 15.3. The number of likely N-dealkylation sites (tertiary alicyclic amines) is 1. The summed E-state index contributed by atoms with van der Waals surface area (Å²) in [5.74, 6) is -0.897. The molecule has 4 heterocycles. The summed E-state index contributed by atoms with van der Waals surface area (Å²) in [5.41, 5.74) is 0. The van der Waals surface area contributed by atoms with Gasteiger partial charge in [-0.3, -0.25) is 19.3 Å². The molecule has 198 valence electrons. The number of hydrogen-bond acceptors (Lipinski definition) is 7. The molecule has 4 fully saturated rings. The van der Waals surface area contributed by atoms with Crippen molar-refractivity contribution < 1.29 is 24.2 Å². The van der Waals surface area contributed by atoms with E-state index in [0.717, 1.165) is 77.8 Å². The van der Waals surface area contributed by atoms with Gasteiger partial charge in [0.15, 0.2) is 0 Å². The van der Waals surface area contributed by atoms with Gasteiger partial charge in [-0.25, -0.2) is 0 Å². The zero-order valence-corrected chi connectivity index (χ0v) is 21.8. The molecule has 3 N–H and O–H groups in total. The largest absolute Gasteiger partial charge is 0.396 e. The van der Waals surface area contributed by atoms with Gasteiger partial charge in [-0.05, 0) is 32.1 Å². The molecule has 0 radical (unpaired) electrons. The van der Waals surface area contributed by atoms with E-state index in [4.69, 9.17) is 9.84 Å². The third-order valence-electron chi connectivity index (χ3n) is 8.04. The van der Waals surface area contributed by atoms with E-state index in [1.807, 2.05) is 6.92 Å². The van der Waals surface area contributed by atoms with Crippen LogP contribution in [0.15, 0.2) is 0 Å². The maximum Gasteiger partial charge on any atom is 0.244 e. The third-order valence-corrected chi connectivity index (χ3v) is 9.99. The van der Waals surface area contributed by atoms with Crippen LogP contribution in [0.3, 0.4) is 0 Å². The predicted molar refractivity (Wildman–Crippen MR) is 135 cm³/mol. The van der Waals surface area contributed by atoms with Crippen molar-refractivity contribution in [1.82, 2.24) is 20.4 Å². The second kappa shape index (κ2) is 12.3. The lowest BCUT2D eigenvalue weighted by atomic mass is 9.70. The maximum atomic E-state index is 13.8. The predicted octanol–water partition coefficient (Wildman–Crippen LogP) is 0.605. The number of aliphatic hydroxyl groups is 1. The molecule has 35 heavy (non-hydrogen) atoms. The van der Waals surface area contributed by atoms with Crippen molar-refractivity contribution in [3.8, 4) is 0 Å². The normalized spacial score (nSPS) is 32.2. The molecule has 0 aromatic rings. The van der Waals surface area contributed by atoms with Crippen LogP contribution < -0.4 is 10.6 Å². The molecule has 2 bridgehead atoms. The summed E-state index contributed by atoms with van der Waals surface area (Å²) in [7, 11) is 0. The van der Waals surface area contributed by atoms with Crippen molar-refractivity contribution in [3.63, 3.8) is 0 Å². The fraction of sp³-hybridized carbons (Fsp3) is 0.880. The number of morpholine rings is 1. The molecule has 10 heteroatoms. The van der Waals surface area contributed by atoms with Crippen LogP contribution in [0.5, 0.6) is 0 Å². The van der Waals surface area contributed by atoms with Gasteiger partial charge in [-0.1, -0.05) is 19.8 Å². The highest BCUT2D eigenvalue weighted by molar-refractivity contribution is 8.02. The van der Waals surface area contributed by atoms with E-state index in [2.05, 4.69) is 15.5 Å². The lowest BCUT2D eigenvalue weighted by Crippen LogP contribution is -2.54. The first kappa shape index (κ1) is 26.7. The van der Waals surface area contributed by atoms with Crippen LogP contribution in [-0.4, -0.2) is 108 Å². The van der Waals surface area contributed by atoms with Gasteiger partial charge < -0.3 is 25.4 Å². The number of aliphatic hydroxyl groups excluding tert-OH is 1. The molecule has 9 nitrogen and oxygen atoms in total. The summed E-state index contributed by atoms with van der Waals surface area (Å²) < 4.78 is 4.90. The standard InChI is InChI=1S/C25H42N4O5S/c1-2-9-26-22(31)19-18-7-8-25(35-18)20(19)24(33)29(11-5-3-4-6-15-30)21(25)23(32)27-10-12-28-13-16-34-17-14-28/h18-21,30H,2-17H2,1H3,(H,26,31)(H,27,32)/t18-,19+,20-,21?,25?/m0/s1. The Hall–Kier alpha value is -1.36. The number of amides is 3. The Morgan fingerprint density at radius 2 is 1.83 bits per heavy atom. The fourth-order valence-electron chi connectivity index (χ4n) is 6.37. The minimum Gasteiger partial charge on any atom is -0.396 e. The van der Waals surface area contributed by atoms with Gasteiger partial charge in [-0.2, -0.15) is 0 Å². The van der Waals surface area contributed by atoms with Gasteiger partial charge in [0.2, 0.25) is 17.7 Å². The average Bonchev–Trinajstić information content (AvgIpc) is 3.50. The number of nitrogens with zero attached hydrogens (tertiary/aromatic N) is 2. The van der Waals surface area contributed by atoms with Crippen LogP contribution in [0.2, 0.25) is 0 Å². The minimum atomic E-state index is -0.526. The molecular weight excluding hydrogens is 468 g/mol. The van der Waals surface area contributed by atoms with Crippen LogP contribution in [-0.2, 0) is 19.1 Å². The van der Waals surface area contributed by atoms with Crippen molar-refractivity contribution >= 4 is 29.5 Å². The van der Waals surface area contributed by atoms with E-state index < -0.39 is 16.7 Å². The molecule has 2 unspecified atom stereocenters. The molecule has 4 aliphatic heterocycles. The van der Waals surface area contributed by atoms with Crippen LogP contribution in [0.1, 0.15) is 51.9 Å². The van der Waals surface area contributed by atoms with E-state index in [-0.39, 0.29) is 35.5 Å². The number of carbonyl (C=O) groups excluding carboxylic acids is 3. The molecule has 0 aliphatic carbocycles. The summed E-state index contributed by atoms with van der Waals surface area (Å²) in [6.45, 7) is 7.83. The number of fused-ring (bicyclic) bond motifs is 1. The second-order valence-corrected chi connectivity index (χ2v) is 11.9. The average molecular weight is 511 g/mol. The highest BCUT2D eigenvalue weighted by Gasteiger charge is 2.73. The Bertz CT molecular complexity index is 764. The highest BCUT2D eigenvalue weighted by atomic mass is 32.2. The number of nitrogens with one attached hydrogen (secondary N) is 2. The molecule has 0 aromatic carbocycles. The number of thioether (sulfide) groups is 1. The smallest absolute Gasteiger partial charge is 0.244 e. The topological polar surface area (TPSA) is 111 Å². The van der Waals surface area contributed by atoms with Crippen molar-refractivity contribution in [2.24, 2.45) is 11.8 Å². The molecule has 0 aromatic heterocycles. The van der Waals surface area contributed by atoms with Gasteiger partial charge in [-0.15, -0.1) is 11.8 Å². The third kappa shape index (κ3) is 5.50. The van der Waals surface area contributed by atoms with Crippen molar-refractivity contribution in [2.75, 3.05) is 59.1 Å². The molecular formula is C25H42N4O5S. The number of carbonyl (C=O) groups is 3. The number of ether oxygens (including phenoxy) is 1. The van der Waals surface area contributed by atoms with E-state index in [9.17, 15) is 14.4 Å². The van der Waals surface area contributed by atoms with Gasteiger partial charge >= 0.3 is 0 Å². The first-order valence-electron chi connectivity index (χ1n) is 13.5. The van der Waals surface area contributed by atoms with Crippen molar-refractivity contribution in [3.05, 3.63) is 0 Å². The molecule has 4 aliphatic rings. The van der Waals surface area contributed by atoms with Gasteiger partial charge in [0.05, 0.1) is 29.8 Å². The minimum absolute atomic E-state index is 0.0214. The molecule has 5 atom stereocenters. The van der Waals surface area contributed by atoms with Gasteiger partial charge in [0, 0.05) is 51.1 Å². The molecule has 4 rings (SSSR count). The zero-order valence-electron chi connectivity index (χ0n) is 21.0. The first-order valence-corrected chi connectivity index (χ1v) is 14.4. The van der Waals surface area contributed by atoms with Crippen LogP contribution >= 0.6 is 11.8 Å². The SMILES string of the molecule is CCCNC(=O)[C@@H]1[C@@H]2CCC3(S2)C(C(=O)NCCN2CCOCC2)N(CCCCCCO)C(=O)[C@H]13. The fourth-order valence-corrected chi connectivity index (χ4v) is 8.59. The van der Waals surface area contributed by atoms with E-state index in [0.29, 0.717) is 19.6 Å². The highest BCUT2D eigenvalue weighted by Crippen LogP contribution is 2.66. The summed E-state index contributed by atoms with van der Waals surface area (Å²) in [6.07, 6.45) is 5.90. The second-order valence-electron chi connectivity index (χ2n) is 10.3. The number of rotatable bonds is 13. The van der Waals surface area contributed by atoms with Gasteiger partial charge in [0.1, 0.15) is 6.04 Å². The van der Waals surface area contributed by atoms with E-state index >= 15 is 0 Å². The Kier molecular flexibility index (Phi) is 9.35. The first-order chi connectivity index (χ1) is 17.0. The van der Waals surface area contributed by atoms with Gasteiger partial charge in [0.25, 0.3) is 0 Å². The van der Waals surface area contributed by atoms with Crippen LogP contribution in [0, 0.1) is 11.8 Å². The quantitative estimate of drug-likeness (QED) is 0.311. The van der Waals surface area contributed by atoms with Crippen molar-refractivity contribution in [1.29, 1.82) is 0 Å².